The minimum atomic E-state index is 0.0518. The maximum absolute atomic E-state index is 2.54. The van der Waals surface area contributed by atoms with Crippen LogP contribution in [0, 0.1) is 0 Å². The molecule has 0 aliphatic heterocycles. The van der Waals surface area contributed by atoms with Crippen molar-refractivity contribution in [2.24, 2.45) is 0 Å². The maximum atomic E-state index is 2.54. The lowest BCUT2D eigenvalue weighted by atomic mass is 9.85. The highest BCUT2D eigenvalue weighted by atomic mass is 15.0. The van der Waals surface area contributed by atoms with Crippen molar-refractivity contribution in [1.82, 2.24) is 9.13 Å². The number of aromatic nitrogens is 2. The van der Waals surface area contributed by atoms with Gasteiger partial charge in [-0.2, -0.15) is 0 Å². The third-order valence-electron chi connectivity index (χ3n) is 13.7. The van der Waals surface area contributed by atoms with E-state index in [9.17, 15) is 0 Å². The van der Waals surface area contributed by atoms with E-state index in [1.807, 2.05) is 0 Å². The van der Waals surface area contributed by atoms with Crippen LogP contribution in [0.2, 0.25) is 0 Å². The minimum absolute atomic E-state index is 0.0518. The summed E-state index contributed by atoms with van der Waals surface area (Å²) in [5.74, 6) is 0. The monoisotopic (exact) mass is 876 g/mol. The first kappa shape index (κ1) is 42.7. The van der Waals surface area contributed by atoms with Gasteiger partial charge in [-0.25, -0.2) is 0 Å². The van der Waals surface area contributed by atoms with Crippen molar-refractivity contribution in [3.63, 3.8) is 0 Å². The smallest absolute Gasteiger partial charge is 0.0620 e. The molecule has 0 atom stereocenters. The molecular formula is C66H56N2. The van der Waals surface area contributed by atoms with Crippen LogP contribution in [-0.2, 0) is 10.8 Å². The van der Waals surface area contributed by atoms with Crippen LogP contribution in [0.3, 0.4) is 0 Å². The lowest BCUT2D eigenvalue weighted by molar-refractivity contribution is 0.590. The topological polar surface area (TPSA) is 9.86 Å². The molecule has 330 valence electrons. The van der Waals surface area contributed by atoms with Gasteiger partial charge in [0.15, 0.2) is 0 Å². The zero-order valence-corrected chi connectivity index (χ0v) is 39.8. The molecule has 0 aliphatic rings. The summed E-state index contributed by atoms with van der Waals surface area (Å²) in [7, 11) is 0. The molecule has 0 saturated carbocycles. The fourth-order valence-corrected chi connectivity index (χ4v) is 10.0. The molecular weight excluding hydrogens is 821 g/mol. The van der Waals surface area contributed by atoms with Crippen LogP contribution in [0.5, 0.6) is 0 Å². The van der Waals surface area contributed by atoms with E-state index < -0.39 is 0 Å². The van der Waals surface area contributed by atoms with E-state index >= 15 is 0 Å². The summed E-state index contributed by atoms with van der Waals surface area (Å²) < 4.78 is 5.07. The Labute approximate surface area is 401 Å². The molecule has 11 aromatic rings. The van der Waals surface area contributed by atoms with Crippen LogP contribution >= 0.6 is 0 Å². The molecule has 2 nitrogen and oxygen atoms in total. The summed E-state index contributed by atoms with van der Waals surface area (Å²) in [6, 6.07) is 85.4. The number of hydrogen-bond acceptors (Lipinski definition) is 0. The van der Waals surface area contributed by atoms with E-state index in [-0.39, 0.29) is 10.8 Å². The normalized spacial score (nSPS) is 12.0. The molecule has 9 aromatic carbocycles. The number of hydrogen-bond donors (Lipinski definition) is 0. The lowest BCUT2D eigenvalue weighted by Gasteiger charge is -2.25. The Hall–Kier alpha value is -7.94. The van der Waals surface area contributed by atoms with Crippen molar-refractivity contribution in [2.75, 3.05) is 0 Å². The van der Waals surface area contributed by atoms with Gasteiger partial charge >= 0.3 is 0 Å². The van der Waals surface area contributed by atoms with Gasteiger partial charge in [0.1, 0.15) is 0 Å². The summed E-state index contributed by atoms with van der Waals surface area (Å²) in [6.07, 6.45) is 0. The Morgan fingerprint density at radius 3 is 0.765 bits per heavy atom. The van der Waals surface area contributed by atoms with E-state index in [0.29, 0.717) is 0 Å². The van der Waals surface area contributed by atoms with Gasteiger partial charge in [-0.05, 0) is 103 Å². The minimum Gasteiger partial charge on any atom is -0.308 e. The Kier molecular flexibility index (Phi) is 10.7. The standard InChI is InChI=1S/C66H56N2/c1-65(2,3)53-33-27-45(28-34-53)51-31-37-55-57(43-51)63(67-59(47-19-11-7-12-20-47)39-40-60(67)48-21-13-8-14-22-48)56-38-32-52(46-29-35-54(36-30-46)66(4,5)6)44-58(56)64(55)68-61(49-23-15-9-16-24-49)41-42-62(68)50-25-17-10-18-26-50/h7-44H,1-6H3. The van der Waals surface area contributed by atoms with Gasteiger partial charge in [0.05, 0.1) is 34.2 Å². The molecule has 11 rings (SSSR count). The third kappa shape index (κ3) is 7.76. The average Bonchev–Trinajstić information content (AvgIpc) is 4.02. The van der Waals surface area contributed by atoms with Gasteiger partial charge < -0.3 is 9.13 Å². The molecule has 2 heterocycles. The van der Waals surface area contributed by atoms with Crippen molar-refractivity contribution in [2.45, 2.75) is 52.4 Å². The van der Waals surface area contributed by atoms with Crippen molar-refractivity contribution < 1.29 is 0 Å². The van der Waals surface area contributed by atoms with Gasteiger partial charge in [0, 0.05) is 21.5 Å². The number of fused-ring (bicyclic) bond motifs is 2. The number of nitrogens with zero attached hydrogens (tertiary/aromatic N) is 2. The molecule has 0 spiro atoms. The highest BCUT2D eigenvalue weighted by Crippen LogP contribution is 2.47. The first-order valence-corrected chi connectivity index (χ1v) is 23.9. The quantitative estimate of drug-likeness (QED) is 0.135. The molecule has 0 fully saturated rings. The fraction of sp³-hybridized carbons (Fsp3) is 0.121. The molecule has 68 heavy (non-hydrogen) atoms. The Morgan fingerprint density at radius 2 is 0.500 bits per heavy atom. The average molecular weight is 877 g/mol. The SMILES string of the molecule is CC(C)(C)c1ccc(-c2ccc3c(-n4c(-c5ccccc5)ccc4-c4ccccc4)c4cc(-c5ccc(C(C)(C)C)cc5)ccc4c(-n4c(-c5ccccc5)ccc4-c4ccccc4)c3c2)cc1. The highest BCUT2D eigenvalue weighted by Gasteiger charge is 2.26. The molecule has 2 aromatic heterocycles. The second-order valence-electron chi connectivity index (χ2n) is 20.2. The van der Waals surface area contributed by atoms with Crippen LogP contribution in [0.1, 0.15) is 52.7 Å². The maximum Gasteiger partial charge on any atom is 0.0620 e. The van der Waals surface area contributed by atoms with Crippen LogP contribution in [-0.4, -0.2) is 9.13 Å². The summed E-state index contributed by atoms with van der Waals surface area (Å²) in [5.41, 5.74) is 19.0. The Morgan fingerprint density at radius 1 is 0.235 bits per heavy atom. The zero-order valence-electron chi connectivity index (χ0n) is 39.8. The summed E-state index contributed by atoms with van der Waals surface area (Å²) in [4.78, 5) is 0. The van der Waals surface area contributed by atoms with Crippen molar-refractivity contribution in [1.29, 1.82) is 0 Å². The van der Waals surface area contributed by atoms with Crippen molar-refractivity contribution in [3.05, 3.63) is 242 Å². The largest absolute Gasteiger partial charge is 0.308 e. The fourth-order valence-electron chi connectivity index (χ4n) is 10.0. The molecule has 0 N–H and O–H groups in total. The number of benzene rings is 9. The zero-order chi connectivity index (χ0) is 46.6. The van der Waals surface area contributed by atoms with Crippen LogP contribution in [0.15, 0.2) is 231 Å². The second kappa shape index (κ2) is 17.0. The van der Waals surface area contributed by atoms with Gasteiger partial charge in [-0.3, -0.25) is 0 Å². The molecule has 0 radical (unpaired) electrons. The predicted octanol–water partition coefficient (Wildman–Crippen LogP) is 18.2. The van der Waals surface area contributed by atoms with Gasteiger partial charge in [0.2, 0.25) is 0 Å². The molecule has 0 amide bonds. The van der Waals surface area contributed by atoms with Gasteiger partial charge in [-0.1, -0.05) is 236 Å². The van der Waals surface area contributed by atoms with Crippen LogP contribution in [0.25, 0.3) is 100 Å². The van der Waals surface area contributed by atoms with Crippen molar-refractivity contribution in [3.8, 4) is 78.7 Å². The highest BCUT2D eigenvalue weighted by molar-refractivity contribution is 6.17. The molecule has 0 aliphatic carbocycles. The van der Waals surface area contributed by atoms with Gasteiger partial charge in [0.25, 0.3) is 0 Å². The molecule has 0 bridgehead atoms. The lowest BCUT2D eigenvalue weighted by Crippen LogP contribution is -2.10. The summed E-state index contributed by atoms with van der Waals surface area (Å²) >= 11 is 0. The Bertz CT molecular complexity index is 3210. The molecule has 0 unspecified atom stereocenters. The van der Waals surface area contributed by atoms with E-state index in [4.69, 9.17) is 0 Å². The first-order chi connectivity index (χ1) is 33.0. The summed E-state index contributed by atoms with van der Waals surface area (Å²) in [5, 5.41) is 4.68. The van der Waals surface area contributed by atoms with E-state index in [2.05, 4.69) is 281 Å². The van der Waals surface area contributed by atoms with E-state index in [1.54, 1.807) is 0 Å². The van der Waals surface area contributed by atoms with E-state index in [0.717, 1.165) is 56.4 Å². The number of rotatable bonds is 8. The molecule has 0 saturated heterocycles. The summed E-state index contributed by atoms with van der Waals surface area (Å²) in [6.45, 7) is 13.7. The predicted molar refractivity (Wildman–Crippen MR) is 290 cm³/mol. The van der Waals surface area contributed by atoms with Crippen LogP contribution < -0.4 is 0 Å². The van der Waals surface area contributed by atoms with E-state index in [1.165, 1.54) is 54.9 Å². The van der Waals surface area contributed by atoms with Crippen molar-refractivity contribution >= 4 is 21.5 Å². The van der Waals surface area contributed by atoms with Gasteiger partial charge in [-0.15, -0.1) is 0 Å². The first-order valence-electron chi connectivity index (χ1n) is 23.9. The molecule has 2 heteroatoms. The van der Waals surface area contributed by atoms with Crippen LogP contribution in [0.4, 0.5) is 0 Å². The second-order valence-corrected chi connectivity index (χ2v) is 20.2. The Balaban J connectivity index is 1.32. The third-order valence-corrected chi connectivity index (χ3v) is 13.7.